The quantitative estimate of drug-likeness (QED) is 0.753. The molecule has 0 bridgehead atoms. The minimum atomic E-state index is 0.199. The van der Waals surface area contributed by atoms with Crippen LogP contribution >= 0.6 is 0 Å². The molecule has 0 aliphatic carbocycles. The molecule has 2 aromatic rings. The fourth-order valence-corrected chi connectivity index (χ4v) is 4.26. The van der Waals surface area contributed by atoms with Crippen molar-refractivity contribution in [2.75, 3.05) is 46.5 Å². The van der Waals surface area contributed by atoms with Crippen LogP contribution in [0.2, 0.25) is 0 Å². The highest BCUT2D eigenvalue weighted by atomic mass is 16.5. The molecule has 1 amide bonds. The summed E-state index contributed by atoms with van der Waals surface area (Å²) in [6.45, 7) is 4.08. The van der Waals surface area contributed by atoms with Gasteiger partial charge >= 0.3 is 0 Å². The minimum Gasteiger partial charge on any atom is -0.496 e. The molecule has 1 aromatic heterocycles. The molecule has 154 valence electrons. The second-order valence-electron chi connectivity index (χ2n) is 7.66. The number of rotatable bonds is 6. The van der Waals surface area contributed by atoms with E-state index in [2.05, 4.69) is 29.2 Å². The molecule has 6 nitrogen and oxygen atoms in total. The first kappa shape index (κ1) is 19.9. The summed E-state index contributed by atoms with van der Waals surface area (Å²) in [5.74, 6) is 1.09. The van der Waals surface area contributed by atoms with Crippen molar-refractivity contribution in [3.05, 3.63) is 59.4 Å². The van der Waals surface area contributed by atoms with Crippen molar-refractivity contribution >= 4 is 5.91 Å². The Hall–Kier alpha value is -2.44. The van der Waals surface area contributed by atoms with Gasteiger partial charge in [-0.2, -0.15) is 0 Å². The van der Waals surface area contributed by atoms with E-state index in [0.717, 1.165) is 48.5 Å². The molecule has 0 spiro atoms. The van der Waals surface area contributed by atoms with E-state index in [1.54, 1.807) is 7.11 Å². The molecule has 6 heteroatoms. The van der Waals surface area contributed by atoms with Crippen LogP contribution in [0.25, 0.3) is 0 Å². The van der Waals surface area contributed by atoms with E-state index in [4.69, 9.17) is 14.5 Å². The molecule has 0 saturated carbocycles. The highest BCUT2D eigenvalue weighted by Gasteiger charge is 2.30. The SMILES string of the molecule is COc1ccccc1Cc1cccc(C2CCCN2CC(=O)N2CCOCC2)n1. The number of aromatic nitrogens is 1. The molecule has 3 heterocycles. The maximum atomic E-state index is 12.7. The van der Waals surface area contributed by atoms with Crippen LogP contribution in [0.1, 0.15) is 35.8 Å². The summed E-state index contributed by atoms with van der Waals surface area (Å²) >= 11 is 0. The number of amides is 1. The number of benzene rings is 1. The zero-order valence-corrected chi connectivity index (χ0v) is 17.0. The molecule has 0 radical (unpaired) electrons. The fourth-order valence-electron chi connectivity index (χ4n) is 4.26. The van der Waals surface area contributed by atoms with Gasteiger partial charge in [0.05, 0.1) is 38.6 Å². The van der Waals surface area contributed by atoms with Crippen LogP contribution in [0.15, 0.2) is 42.5 Å². The van der Waals surface area contributed by atoms with Crippen LogP contribution in [-0.4, -0.2) is 67.2 Å². The summed E-state index contributed by atoms with van der Waals surface area (Å²) in [5, 5.41) is 0. The normalized spacial score (nSPS) is 20.0. The van der Waals surface area contributed by atoms with Gasteiger partial charge in [-0.15, -0.1) is 0 Å². The van der Waals surface area contributed by atoms with E-state index in [-0.39, 0.29) is 11.9 Å². The van der Waals surface area contributed by atoms with Crippen LogP contribution in [0.3, 0.4) is 0 Å². The Balaban J connectivity index is 1.46. The maximum Gasteiger partial charge on any atom is 0.236 e. The van der Waals surface area contributed by atoms with Gasteiger partial charge in [0.2, 0.25) is 5.91 Å². The third-order valence-electron chi connectivity index (χ3n) is 5.80. The molecule has 2 fully saturated rings. The largest absolute Gasteiger partial charge is 0.496 e. The van der Waals surface area contributed by atoms with Crippen LogP contribution in [-0.2, 0) is 16.0 Å². The number of morpholine rings is 1. The molecule has 1 unspecified atom stereocenters. The van der Waals surface area contributed by atoms with Gasteiger partial charge in [0.25, 0.3) is 0 Å². The highest BCUT2D eigenvalue weighted by molar-refractivity contribution is 5.78. The van der Waals surface area contributed by atoms with Gasteiger partial charge < -0.3 is 14.4 Å². The third kappa shape index (κ3) is 4.77. The standard InChI is InChI=1S/C23H29N3O3/c1-28-22-10-3-2-6-18(22)16-19-7-4-8-20(24-19)21-9-5-11-26(21)17-23(27)25-12-14-29-15-13-25/h2-4,6-8,10,21H,5,9,11-17H2,1H3. The van der Waals surface area contributed by atoms with E-state index >= 15 is 0 Å². The van der Waals surface area contributed by atoms with Crippen LogP contribution in [0, 0.1) is 0 Å². The number of para-hydroxylation sites is 1. The first-order valence-corrected chi connectivity index (χ1v) is 10.4. The van der Waals surface area contributed by atoms with Gasteiger partial charge in [-0.3, -0.25) is 14.7 Å². The number of hydrogen-bond acceptors (Lipinski definition) is 5. The van der Waals surface area contributed by atoms with E-state index < -0.39 is 0 Å². The van der Waals surface area contributed by atoms with Crippen LogP contribution in [0.5, 0.6) is 5.75 Å². The summed E-state index contributed by atoms with van der Waals surface area (Å²) in [7, 11) is 1.70. The number of likely N-dealkylation sites (tertiary alicyclic amines) is 1. The molecule has 2 saturated heterocycles. The number of nitrogens with zero attached hydrogens (tertiary/aromatic N) is 3. The number of carbonyl (C=O) groups is 1. The molecule has 4 rings (SSSR count). The summed E-state index contributed by atoms with van der Waals surface area (Å²) in [5.41, 5.74) is 3.22. The van der Waals surface area contributed by atoms with Crippen molar-refractivity contribution in [2.24, 2.45) is 0 Å². The molecule has 2 aliphatic heterocycles. The molecular formula is C23H29N3O3. The van der Waals surface area contributed by atoms with Crippen molar-refractivity contribution in [1.29, 1.82) is 0 Å². The van der Waals surface area contributed by atoms with Gasteiger partial charge in [-0.25, -0.2) is 0 Å². The van der Waals surface area contributed by atoms with Crippen molar-refractivity contribution in [2.45, 2.75) is 25.3 Å². The second kappa shape index (κ2) is 9.37. The van der Waals surface area contributed by atoms with E-state index in [0.29, 0.717) is 32.8 Å². The highest BCUT2D eigenvalue weighted by Crippen LogP contribution is 2.31. The Morgan fingerprint density at radius 3 is 2.79 bits per heavy atom. The van der Waals surface area contributed by atoms with Gasteiger partial charge in [0.1, 0.15) is 5.75 Å². The Labute approximate surface area is 172 Å². The summed E-state index contributed by atoms with van der Waals surface area (Å²) in [6.07, 6.45) is 2.87. The summed E-state index contributed by atoms with van der Waals surface area (Å²) in [6, 6.07) is 14.5. The Morgan fingerprint density at radius 1 is 1.14 bits per heavy atom. The first-order chi connectivity index (χ1) is 14.2. The number of hydrogen-bond donors (Lipinski definition) is 0. The minimum absolute atomic E-state index is 0.199. The number of methoxy groups -OCH3 is 1. The molecular weight excluding hydrogens is 366 g/mol. The van der Waals surface area contributed by atoms with Crippen molar-refractivity contribution in [3.8, 4) is 5.75 Å². The lowest BCUT2D eigenvalue weighted by Gasteiger charge is -2.30. The fraction of sp³-hybridized carbons (Fsp3) is 0.478. The smallest absolute Gasteiger partial charge is 0.236 e. The lowest BCUT2D eigenvalue weighted by molar-refractivity contribution is -0.136. The van der Waals surface area contributed by atoms with Crippen LogP contribution < -0.4 is 4.74 Å². The topological polar surface area (TPSA) is 54.9 Å². The second-order valence-corrected chi connectivity index (χ2v) is 7.66. The van der Waals surface area contributed by atoms with E-state index in [1.807, 2.05) is 23.1 Å². The van der Waals surface area contributed by atoms with Crippen molar-refractivity contribution in [1.82, 2.24) is 14.8 Å². The van der Waals surface area contributed by atoms with Crippen molar-refractivity contribution < 1.29 is 14.3 Å². The predicted molar refractivity (Wildman–Crippen MR) is 111 cm³/mol. The van der Waals surface area contributed by atoms with Crippen LogP contribution in [0.4, 0.5) is 0 Å². The first-order valence-electron chi connectivity index (χ1n) is 10.4. The Bertz CT molecular complexity index is 836. The van der Waals surface area contributed by atoms with Gasteiger partial charge in [-0.05, 0) is 37.6 Å². The zero-order chi connectivity index (χ0) is 20.1. The lowest BCUT2D eigenvalue weighted by Crippen LogP contribution is -2.45. The monoisotopic (exact) mass is 395 g/mol. The summed E-state index contributed by atoms with van der Waals surface area (Å²) < 4.78 is 10.8. The molecule has 2 aliphatic rings. The Kier molecular flexibility index (Phi) is 6.42. The van der Waals surface area contributed by atoms with E-state index in [9.17, 15) is 4.79 Å². The molecule has 1 atom stereocenters. The third-order valence-corrected chi connectivity index (χ3v) is 5.80. The summed E-state index contributed by atoms with van der Waals surface area (Å²) in [4.78, 5) is 21.9. The molecule has 29 heavy (non-hydrogen) atoms. The lowest BCUT2D eigenvalue weighted by atomic mass is 10.1. The number of ether oxygens (including phenoxy) is 2. The predicted octanol–water partition coefficient (Wildman–Crippen LogP) is 2.68. The van der Waals surface area contributed by atoms with E-state index in [1.165, 1.54) is 0 Å². The molecule has 1 aromatic carbocycles. The van der Waals surface area contributed by atoms with Gasteiger partial charge in [-0.1, -0.05) is 24.3 Å². The maximum absolute atomic E-state index is 12.7. The number of pyridine rings is 1. The van der Waals surface area contributed by atoms with Gasteiger partial charge in [0.15, 0.2) is 0 Å². The van der Waals surface area contributed by atoms with Gasteiger partial charge in [0, 0.05) is 30.8 Å². The number of carbonyl (C=O) groups excluding carboxylic acids is 1. The molecule has 0 N–H and O–H groups in total. The zero-order valence-electron chi connectivity index (χ0n) is 17.0. The average molecular weight is 396 g/mol. The average Bonchev–Trinajstić information content (AvgIpc) is 3.23. The van der Waals surface area contributed by atoms with Crippen molar-refractivity contribution in [3.63, 3.8) is 0 Å². The Morgan fingerprint density at radius 2 is 1.97 bits per heavy atom.